The maximum Gasteiger partial charge on any atom is 0.318 e. The largest absolute Gasteiger partial charge is 0.497 e. The van der Waals surface area contributed by atoms with Gasteiger partial charge in [-0.15, -0.1) is 0 Å². The lowest BCUT2D eigenvalue weighted by molar-refractivity contribution is -0.137. The van der Waals surface area contributed by atoms with Crippen LogP contribution in [0.5, 0.6) is 5.75 Å². The van der Waals surface area contributed by atoms with Crippen molar-refractivity contribution in [1.29, 1.82) is 0 Å². The van der Waals surface area contributed by atoms with Gasteiger partial charge in [0.15, 0.2) is 5.76 Å². The predicted octanol–water partition coefficient (Wildman–Crippen LogP) is 3.05. The normalized spacial score (nSPS) is 22.4. The molecule has 1 aliphatic carbocycles. The van der Waals surface area contributed by atoms with Gasteiger partial charge in [-0.2, -0.15) is 0 Å². The van der Waals surface area contributed by atoms with Crippen molar-refractivity contribution in [2.75, 3.05) is 33.4 Å². The standard InChI is InChI=1S/C25H32N4O5/c1-32-21-6-2-4-17(12-21)23-13-22(34-27-23)14-26-25(31)29(19-7-8-19)20-5-3-10-28(15-20)24(30)18-9-11-33-16-18/h2,4,6,12-13,18-20H,3,5,7-11,14-16H2,1H3,(H,26,31)/t18-,20-/m1/s1. The minimum Gasteiger partial charge on any atom is -0.497 e. The van der Waals surface area contributed by atoms with Gasteiger partial charge < -0.3 is 29.1 Å². The third kappa shape index (κ3) is 5.04. The fraction of sp³-hybridized carbons (Fsp3) is 0.560. The van der Waals surface area contributed by atoms with Crippen LogP contribution in [0.2, 0.25) is 0 Å². The number of hydrogen-bond donors (Lipinski definition) is 1. The van der Waals surface area contributed by atoms with Crippen LogP contribution in [0.4, 0.5) is 4.79 Å². The Balaban J connectivity index is 1.20. The summed E-state index contributed by atoms with van der Waals surface area (Å²) in [6, 6.07) is 9.61. The summed E-state index contributed by atoms with van der Waals surface area (Å²) in [5.41, 5.74) is 1.58. The highest BCUT2D eigenvalue weighted by atomic mass is 16.5. The summed E-state index contributed by atoms with van der Waals surface area (Å²) >= 11 is 0. The van der Waals surface area contributed by atoms with E-state index in [1.807, 2.05) is 40.1 Å². The Kier molecular flexibility index (Phi) is 6.71. The van der Waals surface area contributed by atoms with E-state index in [1.165, 1.54) is 0 Å². The number of nitrogens with zero attached hydrogens (tertiary/aromatic N) is 3. The van der Waals surface area contributed by atoms with Gasteiger partial charge >= 0.3 is 6.03 Å². The second-order valence-electron chi connectivity index (χ2n) is 9.35. The Labute approximate surface area is 199 Å². The van der Waals surface area contributed by atoms with E-state index in [0.29, 0.717) is 31.2 Å². The molecule has 3 aliphatic rings. The number of carbonyl (C=O) groups excluding carboxylic acids is 2. The highest BCUT2D eigenvalue weighted by Gasteiger charge is 2.40. The lowest BCUT2D eigenvalue weighted by Crippen LogP contribution is -2.55. The van der Waals surface area contributed by atoms with Crippen LogP contribution in [0.25, 0.3) is 11.3 Å². The summed E-state index contributed by atoms with van der Waals surface area (Å²) in [6.07, 6.45) is 4.64. The Morgan fingerprint density at radius 3 is 2.85 bits per heavy atom. The molecule has 0 radical (unpaired) electrons. The molecule has 0 bridgehead atoms. The van der Waals surface area contributed by atoms with Gasteiger partial charge in [-0.3, -0.25) is 4.79 Å². The van der Waals surface area contributed by atoms with Crippen molar-refractivity contribution in [3.63, 3.8) is 0 Å². The van der Waals surface area contributed by atoms with Crippen LogP contribution in [-0.2, 0) is 16.1 Å². The first-order valence-electron chi connectivity index (χ1n) is 12.1. The zero-order valence-electron chi connectivity index (χ0n) is 19.6. The van der Waals surface area contributed by atoms with E-state index < -0.39 is 0 Å². The van der Waals surface area contributed by atoms with Gasteiger partial charge in [0.25, 0.3) is 0 Å². The third-order valence-corrected chi connectivity index (χ3v) is 6.89. The van der Waals surface area contributed by atoms with E-state index in [4.69, 9.17) is 14.0 Å². The van der Waals surface area contributed by atoms with E-state index in [9.17, 15) is 9.59 Å². The van der Waals surface area contributed by atoms with Crippen LogP contribution in [0.1, 0.15) is 37.9 Å². The fourth-order valence-corrected chi connectivity index (χ4v) is 4.92. The lowest BCUT2D eigenvalue weighted by atomic mass is 10.0. The van der Waals surface area contributed by atoms with Gasteiger partial charge in [-0.05, 0) is 44.2 Å². The molecule has 2 atom stereocenters. The van der Waals surface area contributed by atoms with Crippen LogP contribution in [-0.4, -0.2) is 72.4 Å². The first-order valence-corrected chi connectivity index (χ1v) is 12.1. The summed E-state index contributed by atoms with van der Waals surface area (Å²) in [4.78, 5) is 30.0. The number of benzene rings is 1. The molecular weight excluding hydrogens is 436 g/mol. The van der Waals surface area contributed by atoms with Crippen LogP contribution in [0, 0.1) is 5.92 Å². The SMILES string of the molecule is COc1cccc(-c2cc(CNC(=O)N(C3CC3)[C@@H]3CCCN(C(=O)[C@@H]4CCOC4)C3)on2)c1. The van der Waals surface area contributed by atoms with Crippen molar-refractivity contribution in [1.82, 2.24) is 20.3 Å². The van der Waals surface area contributed by atoms with E-state index in [2.05, 4.69) is 10.5 Å². The van der Waals surface area contributed by atoms with E-state index >= 15 is 0 Å². The number of ether oxygens (including phenoxy) is 2. The van der Waals surface area contributed by atoms with Gasteiger partial charge in [0.2, 0.25) is 5.91 Å². The molecule has 34 heavy (non-hydrogen) atoms. The molecule has 1 saturated carbocycles. The Bertz CT molecular complexity index is 1010. The van der Waals surface area contributed by atoms with Crippen molar-refractivity contribution in [2.24, 2.45) is 5.92 Å². The number of amides is 3. The van der Waals surface area contributed by atoms with Crippen LogP contribution < -0.4 is 10.1 Å². The number of hydrogen-bond acceptors (Lipinski definition) is 6. The maximum absolute atomic E-state index is 13.2. The van der Waals surface area contributed by atoms with E-state index in [0.717, 1.165) is 50.0 Å². The summed E-state index contributed by atoms with van der Waals surface area (Å²) in [6.45, 7) is 2.79. The van der Waals surface area contributed by atoms with Crippen molar-refractivity contribution >= 4 is 11.9 Å². The van der Waals surface area contributed by atoms with Crippen LogP contribution in [0.15, 0.2) is 34.9 Å². The smallest absolute Gasteiger partial charge is 0.318 e. The molecule has 2 saturated heterocycles. The van der Waals surface area contributed by atoms with Crippen molar-refractivity contribution in [2.45, 2.75) is 50.7 Å². The number of rotatable bonds is 7. The topological polar surface area (TPSA) is 97.1 Å². The van der Waals surface area contributed by atoms with Gasteiger partial charge in [-0.25, -0.2) is 4.79 Å². The maximum atomic E-state index is 13.2. The number of methoxy groups -OCH3 is 1. The molecule has 2 aliphatic heterocycles. The second kappa shape index (κ2) is 10.0. The van der Waals surface area contributed by atoms with Gasteiger partial charge in [0, 0.05) is 37.4 Å². The molecule has 1 N–H and O–H groups in total. The molecule has 3 amide bonds. The molecule has 2 aromatic rings. The molecule has 1 aromatic carbocycles. The van der Waals surface area contributed by atoms with E-state index in [1.54, 1.807) is 7.11 Å². The van der Waals surface area contributed by atoms with Crippen molar-refractivity contribution in [3.8, 4) is 17.0 Å². The first-order chi connectivity index (χ1) is 16.6. The first kappa shape index (κ1) is 22.7. The molecule has 5 rings (SSSR count). The van der Waals surface area contributed by atoms with Crippen molar-refractivity contribution in [3.05, 3.63) is 36.1 Å². The number of nitrogens with one attached hydrogen (secondary N) is 1. The van der Waals surface area contributed by atoms with Gasteiger partial charge in [0.1, 0.15) is 11.4 Å². The molecule has 3 heterocycles. The molecule has 9 heteroatoms. The highest BCUT2D eigenvalue weighted by Crippen LogP contribution is 2.32. The second-order valence-corrected chi connectivity index (χ2v) is 9.35. The zero-order valence-corrected chi connectivity index (χ0v) is 19.6. The van der Waals surface area contributed by atoms with Gasteiger partial charge in [0.05, 0.1) is 32.2 Å². The Morgan fingerprint density at radius 1 is 1.21 bits per heavy atom. The molecule has 9 nitrogen and oxygen atoms in total. The number of carbonyl (C=O) groups is 2. The molecule has 182 valence electrons. The number of likely N-dealkylation sites (tertiary alicyclic amines) is 1. The minimum absolute atomic E-state index is 0.0350. The third-order valence-electron chi connectivity index (χ3n) is 6.89. The molecule has 1 aromatic heterocycles. The number of aromatic nitrogens is 1. The van der Waals surface area contributed by atoms with Crippen LogP contribution >= 0.6 is 0 Å². The summed E-state index contributed by atoms with van der Waals surface area (Å²) in [7, 11) is 1.62. The average molecular weight is 469 g/mol. The Hall–Kier alpha value is -3.07. The zero-order chi connectivity index (χ0) is 23.5. The molecule has 0 unspecified atom stereocenters. The quantitative estimate of drug-likeness (QED) is 0.671. The summed E-state index contributed by atoms with van der Waals surface area (Å²) < 4.78 is 16.1. The average Bonchev–Trinajstić information content (AvgIpc) is 3.34. The lowest BCUT2D eigenvalue weighted by Gasteiger charge is -2.40. The summed E-state index contributed by atoms with van der Waals surface area (Å²) in [5.74, 6) is 1.47. The highest BCUT2D eigenvalue weighted by molar-refractivity contribution is 5.80. The van der Waals surface area contributed by atoms with Crippen LogP contribution in [0.3, 0.4) is 0 Å². The van der Waals surface area contributed by atoms with Gasteiger partial charge in [-0.1, -0.05) is 17.3 Å². The molecule has 3 fully saturated rings. The fourth-order valence-electron chi connectivity index (χ4n) is 4.92. The predicted molar refractivity (Wildman–Crippen MR) is 124 cm³/mol. The van der Waals surface area contributed by atoms with E-state index in [-0.39, 0.29) is 36.5 Å². The minimum atomic E-state index is -0.106. The molecular formula is C25H32N4O5. The summed E-state index contributed by atoms with van der Waals surface area (Å²) in [5, 5.41) is 7.15. The number of piperidine rings is 1. The van der Waals surface area contributed by atoms with Crippen molar-refractivity contribution < 1.29 is 23.6 Å². The monoisotopic (exact) mass is 468 g/mol. The number of urea groups is 1. The molecule has 0 spiro atoms. The Morgan fingerprint density at radius 2 is 2.09 bits per heavy atom.